The summed E-state index contributed by atoms with van der Waals surface area (Å²) in [5.74, 6) is 0.309. The topological polar surface area (TPSA) is 26.3 Å². The average molecular weight is 233 g/mol. The van der Waals surface area contributed by atoms with E-state index in [9.17, 15) is 4.79 Å². The number of methoxy groups -OCH3 is 1. The summed E-state index contributed by atoms with van der Waals surface area (Å²) in [5.41, 5.74) is 0. The summed E-state index contributed by atoms with van der Waals surface area (Å²) in [5, 5.41) is 0. The Morgan fingerprint density at radius 3 is 2.75 bits per heavy atom. The van der Waals surface area contributed by atoms with Crippen LogP contribution in [0.1, 0.15) is 13.3 Å². The van der Waals surface area contributed by atoms with Gasteiger partial charge in [0.25, 0.3) is 0 Å². The normalized spacial score (nSPS) is 34.8. The maximum atomic E-state index is 11.1. The second-order valence-electron chi connectivity index (χ2n) is 3.13. The summed E-state index contributed by atoms with van der Waals surface area (Å²) >= 11 is 3.53. The van der Waals surface area contributed by atoms with Gasteiger partial charge in [0.15, 0.2) is 0 Å². The molecule has 0 fully saturated rings. The number of hydrogen-bond donors (Lipinski definition) is 0. The van der Waals surface area contributed by atoms with Crippen LogP contribution in [0.25, 0.3) is 0 Å². The van der Waals surface area contributed by atoms with Crippen molar-refractivity contribution in [3.8, 4) is 0 Å². The highest BCUT2D eigenvalue weighted by Crippen LogP contribution is 2.28. The summed E-state index contributed by atoms with van der Waals surface area (Å²) < 4.78 is 4.66. The van der Waals surface area contributed by atoms with Crippen LogP contribution in [0.5, 0.6) is 0 Å². The summed E-state index contributed by atoms with van der Waals surface area (Å²) in [6.45, 7) is 2.13. The van der Waals surface area contributed by atoms with Crippen LogP contribution in [0.15, 0.2) is 12.2 Å². The fourth-order valence-corrected chi connectivity index (χ4v) is 1.87. The van der Waals surface area contributed by atoms with Crippen molar-refractivity contribution < 1.29 is 9.53 Å². The van der Waals surface area contributed by atoms with Gasteiger partial charge in [0, 0.05) is 4.83 Å². The van der Waals surface area contributed by atoms with Crippen LogP contribution in [0, 0.1) is 11.8 Å². The number of alkyl halides is 1. The van der Waals surface area contributed by atoms with Gasteiger partial charge in [0.1, 0.15) is 0 Å². The maximum Gasteiger partial charge on any atom is 0.312 e. The van der Waals surface area contributed by atoms with E-state index in [-0.39, 0.29) is 11.9 Å². The Kier molecular flexibility index (Phi) is 3.32. The molecule has 3 unspecified atom stereocenters. The first-order valence-corrected chi connectivity index (χ1v) is 4.97. The zero-order valence-electron chi connectivity index (χ0n) is 7.29. The minimum atomic E-state index is -0.136. The number of hydrogen-bond acceptors (Lipinski definition) is 2. The van der Waals surface area contributed by atoms with E-state index in [4.69, 9.17) is 0 Å². The molecule has 0 aromatic heterocycles. The van der Waals surface area contributed by atoms with Crippen LogP contribution in [0.4, 0.5) is 0 Å². The van der Waals surface area contributed by atoms with Gasteiger partial charge in [-0.25, -0.2) is 0 Å². The molecular formula is C9H13BrO2. The number of carbonyl (C=O) groups is 1. The fourth-order valence-electron chi connectivity index (χ4n) is 1.29. The lowest BCUT2D eigenvalue weighted by Crippen LogP contribution is -2.24. The zero-order valence-corrected chi connectivity index (χ0v) is 8.87. The first kappa shape index (κ1) is 9.78. The van der Waals surface area contributed by atoms with Gasteiger partial charge in [0.2, 0.25) is 0 Å². The molecule has 68 valence electrons. The number of allylic oxidation sites excluding steroid dienone is 1. The van der Waals surface area contributed by atoms with Crippen LogP contribution >= 0.6 is 15.9 Å². The van der Waals surface area contributed by atoms with E-state index in [1.807, 2.05) is 6.08 Å². The van der Waals surface area contributed by atoms with Crippen LogP contribution in [-0.4, -0.2) is 17.9 Å². The molecule has 2 nitrogen and oxygen atoms in total. The monoisotopic (exact) mass is 232 g/mol. The molecule has 0 saturated carbocycles. The minimum Gasteiger partial charge on any atom is -0.469 e. The smallest absolute Gasteiger partial charge is 0.312 e. The van der Waals surface area contributed by atoms with Crippen molar-refractivity contribution in [1.82, 2.24) is 0 Å². The highest BCUT2D eigenvalue weighted by Gasteiger charge is 2.26. The first-order valence-electron chi connectivity index (χ1n) is 4.05. The van der Waals surface area contributed by atoms with Crippen molar-refractivity contribution in [3.05, 3.63) is 12.2 Å². The van der Waals surface area contributed by atoms with Gasteiger partial charge in [-0.05, 0) is 12.3 Å². The predicted molar refractivity (Wildman–Crippen MR) is 51.1 cm³/mol. The van der Waals surface area contributed by atoms with Gasteiger partial charge in [-0.3, -0.25) is 4.79 Å². The van der Waals surface area contributed by atoms with Crippen molar-refractivity contribution in [3.63, 3.8) is 0 Å². The molecule has 0 aromatic carbocycles. The van der Waals surface area contributed by atoms with E-state index in [0.717, 1.165) is 6.42 Å². The van der Waals surface area contributed by atoms with Crippen molar-refractivity contribution >= 4 is 21.9 Å². The Labute approximate surface area is 81.1 Å². The molecule has 1 aliphatic carbocycles. The molecule has 0 radical (unpaired) electrons. The lowest BCUT2D eigenvalue weighted by atomic mass is 9.90. The standard InChI is InChI=1S/C9H13BrO2/c1-6-3-4-7(5-8(6)10)9(11)12-2/h3-4,6-8H,5H2,1-2H3. The quantitative estimate of drug-likeness (QED) is 0.394. The molecule has 1 rings (SSSR count). The summed E-state index contributed by atoms with van der Waals surface area (Å²) in [4.78, 5) is 11.5. The Morgan fingerprint density at radius 2 is 2.25 bits per heavy atom. The number of carbonyl (C=O) groups excluding carboxylic acids is 1. The van der Waals surface area contributed by atoms with Gasteiger partial charge in [-0.2, -0.15) is 0 Å². The molecular weight excluding hydrogens is 220 g/mol. The number of esters is 1. The average Bonchev–Trinajstić information content (AvgIpc) is 2.08. The van der Waals surface area contributed by atoms with Gasteiger partial charge in [0.05, 0.1) is 13.0 Å². The van der Waals surface area contributed by atoms with E-state index in [0.29, 0.717) is 10.7 Å². The number of rotatable bonds is 1. The third kappa shape index (κ3) is 2.09. The Morgan fingerprint density at radius 1 is 1.58 bits per heavy atom. The third-order valence-electron chi connectivity index (χ3n) is 2.20. The van der Waals surface area contributed by atoms with Gasteiger partial charge >= 0.3 is 5.97 Å². The Bertz CT molecular complexity index is 201. The maximum absolute atomic E-state index is 11.1. The fraction of sp³-hybridized carbons (Fsp3) is 0.667. The summed E-state index contributed by atoms with van der Waals surface area (Å²) in [6, 6.07) is 0. The van der Waals surface area contributed by atoms with E-state index in [1.54, 1.807) is 0 Å². The summed E-state index contributed by atoms with van der Waals surface area (Å²) in [7, 11) is 1.43. The molecule has 3 heteroatoms. The van der Waals surface area contributed by atoms with E-state index in [1.165, 1.54) is 7.11 Å². The van der Waals surface area contributed by atoms with Crippen LogP contribution in [-0.2, 0) is 9.53 Å². The molecule has 0 N–H and O–H groups in total. The molecule has 12 heavy (non-hydrogen) atoms. The first-order chi connectivity index (χ1) is 5.65. The molecule has 0 aliphatic heterocycles. The lowest BCUT2D eigenvalue weighted by molar-refractivity contribution is -0.144. The third-order valence-corrected chi connectivity index (χ3v) is 3.41. The molecule has 0 amide bonds. The Balaban J connectivity index is 2.60. The predicted octanol–water partition coefficient (Wildman–Crippen LogP) is 2.14. The van der Waals surface area contributed by atoms with Crippen LogP contribution in [0.2, 0.25) is 0 Å². The molecule has 0 heterocycles. The second-order valence-corrected chi connectivity index (χ2v) is 4.30. The second kappa shape index (κ2) is 4.08. The molecule has 0 saturated heterocycles. The van der Waals surface area contributed by atoms with Crippen LogP contribution in [0.3, 0.4) is 0 Å². The van der Waals surface area contributed by atoms with Gasteiger partial charge < -0.3 is 4.74 Å². The molecule has 0 aromatic rings. The SMILES string of the molecule is COC(=O)C1C=CC(C)C(Br)C1. The summed E-state index contributed by atoms with van der Waals surface area (Å²) in [6.07, 6.45) is 4.84. The number of halogens is 1. The number of ether oxygens (including phenoxy) is 1. The molecule has 1 aliphatic rings. The van der Waals surface area contributed by atoms with Gasteiger partial charge in [-0.1, -0.05) is 35.0 Å². The largest absolute Gasteiger partial charge is 0.469 e. The van der Waals surface area contributed by atoms with Crippen LogP contribution < -0.4 is 0 Å². The Hall–Kier alpha value is -0.310. The zero-order chi connectivity index (χ0) is 9.14. The highest BCUT2D eigenvalue weighted by atomic mass is 79.9. The highest BCUT2D eigenvalue weighted by molar-refractivity contribution is 9.09. The van der Waals surface area contributed by atoms with Crippen molar-refractivity contribution in [1.29, 1.82) is 0 Å². The van der Waals surface area contributed by atoms with E-state index in [2.05, 4.69) is 33.7 Å². The van der Waals surface area contributed by atoms with Gasteiger partial charge in [-0.15, -0.1) is 0 Å². The van der Waals surface area contributed by atoms with E-state index >= 15 is 0 Å². The molecule has 3 atom stereocenters. The minimum absolute atomic E-state index is 0.0597. The molecule has 0 bridgehead atoms. The molecule has 0 spiro atoms. The lowest BCUT2D eigenvalue weighted by Gasteiger charge is -2.23. The van der Waals surface area contributed by atoms with Crippen molar-refractivity contribution in [2.45, 2.75) is 18.2 Å². The van der Waals surface area contributed by atoms with Crippen molar-refractivity contribution in [2.75, 3.05) is 7.11 Å². The van der Waals surface area contributed by atoms with Crippen molar-refractivity contribution in [2.24, 2.45) is 11.8 Å². The van der Waals surface area contributed by atoms with E-state index < -0.39 is 0 Å².